The number of thioether (sulfide) groups is 1. The predicted molar refractivity (Wildman–Crippen MR) is 141 cm³/mol. The number of nitrogens with zero attached hydrogens (tertiary/aromatic N) is 3. The molecule has 2 aliphatic rings. The van der Waals surface area contributed by atoms with Gasteiger partial charge < -0.3 is 4.90 Å². The maximum atomic E-state index is 13.1. The highest BCUT2D eigenvalue weighted by Gasteiger charge is 2.37. The first kappa shape index (κ1) is 25.0. The lowest BCUT2D eigenvalue weighted by molar-refractivity contribution is -0.384. The zero-order valence-corrected chi connectivity index (χ0v) is 21.6. The monoisotopic (exact) mass is 493 g/mol. The largest absolute Gasteiger partial charge is 0.366 e. The molecule has 1 fully saturated rings. The van der Waals surface area contributed by atoms with Gasteiger partial charge in [-0.15, -0.1) is 0 Å². The Bertz CT molecular complexity index is 1220. The van der Waals surface area contributed by atoms with Gasteiger partial charge in [0.15, 0.2) is 0 Å². The number of hydrogen-bond donors (Lipinski definition) is 0. The average Bonchev–Trinajstić information content (AvgIpc) is 3.05. The minimum atomic E-state index is -0.475. The van der Waals surface area contributed by atoms with Crippen molar-refractivity contribution in [3.05, 3.63) is 73.7 Å². The molecule has 1 unspecified atom stereocenters. The molecule has 0 bridgehead atoms. The SMILES string of the molecule is CCCN1c2cc(C)c(/C=C3/SC(=O)N(Cc4ccc([N+](=O)[O-])cc4)C3=O)cc2C(C)CC1(C)C. The Hall–Kier alpha value is -3.13. The molecule has 0 N–H and O–H groups in total. The van der Waals surface area contributed by atoms with Crippen LogP contribution in [0.25, 0.3) is 6.08 Å². The summed E-state index contributed by atoms with van der Waals surface area (Å²) < 4.78 is 0. The molecule has 8 heteroatoms. The van der Waals surface area contributed by atoms with Crippen molar-refractivity contribution in [1.29, 1.82) is 0 Å². The van der Waals surface area contributed by atoms with Crippen LogP contribution in [0.3, 0.4) is 0 Å². The first-order valence-electron chi connectivity index (χ1n) is 11.9. The summed E-state index contributed by atoms with van der Waals surface area (Å²) in [4.78, 5) is 40.2. The maximum absolute atomic E-state index is 13.1. The quantitative estimate of drug-likeness (QED) is 0.255. The summed E-state index contributed by atoms with van der Waals surface area (Å²) in [5.74, 6) is 0.0512. The minimum absolute atomic E-state index is 0.0270. The highest BCUT2D eigenvalue weighted by atomic mass is 32.2. The number of benzene rings is 2. The third-order valence-electron chi connectivity index (χ3n) is 6.87. The van der Waals surface area contributed by atoms with Gasteiger partial charge in [-0.25, -0.2) is 0 Å². The number of nitro benzene ring substituents is 1. The normalized spacial score (nSPS) is 20.5. The van der Waals surface area contributed by atoms with Gasteiger partial charge in [0.25, 0.3) is 16.8 Å². The van der Waals surface area contributed by atoms with E-state index >= 15 is 0 Å². The Balaban J connectivity index is 1.61. The summed E-state index contributed by atoms with van der Waals surface area (Å²) >= 11 is 0.939. The van der Waals surface area contributed by atoms with Crippen LogP contribution < -0.4 is 4.90 Å². The van der Waals surface area contributed by atoms with Crippen molar-refractivity contribution >= 4 is 40.4 Å². The van der Waals surface area contributed by atoms with Crippen molar-refractivity contribution in [1.82, 2.24) is 4.90 Å². The van der Waals surface area contributed by atoms with E-state index in [1.165, 1.54) is 28.3 Å². The van der Waals surface area contributed by atoms with Crippen molar-refractivity contribution in [3.8, 4) is 0 Å². The number of aryl methyl sites for hydroxylation is 1. The van der Waals surface area contributed by atoms with E-state index in [2.05, 4.69) is 44.7 Å². The van der Waals surface area contributed by atoms with Crippen molar-refractivity contribution in [3.63, 3.8) is 0 Å². The van der Waals surface area contributed by atoms with Crippen LogP contribution in [-0.2, 0) is 11.3 Å². The molecule has 4 rings (SSSR count). The second-order valence-corrected chi connectivity index (χ2v) is 11.0. The van der Waals surface area contributed by atoms with Gasteiger partial charge in [0.1, 0.15) is 0 Å². The van der Waals surface area contributed by atoms with Crippen LogP contribution in [0.1, 0.15) is 68.7 Å². The zero-order chi connectivity index (χ0) is 25.5. The van der Waals surface area contributed by atoms with E-state index in [4.69, 9.17) is 0 Å². The molecule has 2 heterocycles. The molecule has 0 aromatic heterocycles. The van der Waals surface area contributed by atoms with Gasteiger partial charge >= 0.3 is 0 Å². The number of anilines is 1. The Morgan fingerprint density at radius 2 is 1.89 bits per heavy atom. The van der Waals surface area contributed by atoms with Gasteiger partial charge in [-0.3, -0.25) is 24.6 Å². The molecule has 0 spiro atoms. The van der Waals surface area contributed by atoms with Crippen molar-refractivity contribution in [2.45, 2.75) is 65.5 Å². The Morgan fingerprint density at radius 1 is 1.20 bits per heavy atom. The van der Waals surface area contributed by atoms with Crippen molar-refractivity contribution in [2.24, 2.45) is 0 Å². The lowest BCUT2D eigenvalue weighted by Crippen LogP contribution is -2.48. The van der Waals surface area contributed by atoms with Crippen LogP contribution in [-0.4, -0.2) is 33.1 Å². The van der Waals surface area contributed by atoms with Gasteiger partial charge in [-0.05, 0) is 91.8 Å². The van der Waals surface area contributed by atoms with E-state index in [0.29, 0.717) is 16.4 Å². The predicted octanol–water partition coefficient (Wildman–Crippen LogP) is 6.64. The lowest BCUT2D eigenvalue weighted by atomic mass is 9.79. The zero-order valence-electron chi connectivity index (χ0n) is 20.8. The summed E-state index contributed by atoms with van der Waals surface area (Å²) in [6.45, 7) is 12.2. The molecule has 35 heavy (non-hydrogen) atoms. The molecule has 2 aromatic carbocycles. The molecule has 1 saturated heterocycles. The molecular weight excluding hydrogens is 462 g/mol. The number of amides is 2. The first-order valence-corrected chi connectivity index (χ1v) is 12.7. The fraction of sp³-hybridized carbons (Fsp3) is 0.407. The molecule has 2 aromatic rings. The number of imide groups is 1. The topological polar surface area (TPSA) is 83.8 Å². The highest BCUT2D eigenvalue weighted by Crippen LogP contribution is 2.45. The molecule has 0 aliphatic carbocycles. The first-order chi connectivity index (χ1) is 16.5. The lowest BCUT2D eigenvalue weighted by Gasteiger charge is -2.48. The summed E-state index contributed by atoms with van der Waals surface area (Å²) in [6.07, 6.45) is 3.95. The Kier molecular flexibility index (Phi) is 6.77. The third-order valence-corrected chi connectivity index (χ3v) is 7.78. The summed E-state index contributed by atoms with van der Waals surface area (Å²) in [5, 5.41) is 10.5. The Morgan fingerprint density at radius 3 is 2.51 bits per heavy atom. The number of carbonyl (C=O) groups excluding carboxylic acids is 2. The maximum Gasteiger partial charge on any atom is 0.293 e. The standard InChI is InChI=1S/C27H31N3O4S/c1-6-11-29-23-12-17(2)20(13-22(23)18(3)15-27(29,4)5)14-24-25(31)28(26(32)35-24)16-19-7-9-21(10-8-19)30(33)34/h7-10,12-14,18H,6,11,15-16H2,1-5H3/b24-14+. The van der Waals surface area contributed by atoms with Crippen LogP contribution >= 0.6 is 11.8 Å². The van der Waals surface area contributed by atoms with Gasteiger partial charge in [-0.2, -0.15) is 0 Å². The highest BCUT2D eigenvalue weighted by molar-refractivity contribution is 8.18. The summed E-state index contributed by atoms with van der Waals surface area (Å²) in [5.41, 5.74) is 5.27. The fourth-order valence-electron chi connectivity index (χ4n) is 5.14. The van der Waals surface area contributed by atoms with E-state index in [9.17, 15) is 19.7 Å². The smallest absolute Gasteiger partial charge is 0.293 e. The number of carbonyl (C=O) groups is 2. The number of fused-ring (bicyclic) bond motifs is 1. The Labute approximate surface area is 210 Å². The van der Waals surface area contributed by atoms with Gasteiger partial charge in [-0.1, -0.05) is 26.0 Å². The number of non-ortho nitro benzene ring substituents is 1. The molecule has 1 atom stereocenters. The van der Waals surface area contributed by atoms with Crippen LogP contribution in [0.5, 0.6) is 0 Å². The molecule has 2 aliphatic heterocycles. The third kappa shape index (κ3) is 4.85. The molecule has 184 valence electrons. The summed E-state index contributed by atoms with van der Waals surface area (Å²) in [6, 6.07) is 10.3. The van der Waals surface area contributed by atoms with Crippen LogP contribution in [0.2, 0.25) is 0 Å². The van der Waals surface area contributed by atoms with E-state index in [1.54, 1.807) is 12.1 Å². The number of nitro groups is 1. The van der Waals surface area contributed by atoms with Crippen LogP contribution in [0.4, 0.5) is 16.2 Å². The van der Waals surface area contributed by atoms with Crippen LogP contribution in [0.15, 0.2) is 41.3 Å². The number of hydrogen-bond acceptors (Lipinski definition) is 6. The van der Waals surface area contributed by atoms with Crippen molar-refractivity contribution in [2.75, 3.05) is 11.4 Å². The molecule has 7 nitrogen and oxygen atoms in total. The van der Waals surface area contributed by atoms with Gasteiger partial charge in [0.2, 0.25) is 0 Å². The van der Waals surface area contributed by atoms with Gasteiger partial charge in [0.05, 0.1) is 16.4 Å². The summed E-state index contributed by atoms with van der Waals surface area (Å²) in [7, 11) is 0. The van der Waals surface area contributed by atoms with E-state index in [1.807, 2.05) is 13.0 Å². The second kappa shape index (κ2) is 9.49. The molecule has 2 amide bonds. The van der Waals surface area contributed by atoms with E-state index in [0.717, 1.165) is 42.3 Å². The number of rotatable bonds is 6. The van der Waals surface area contributed by atoms with Crippen LogP contribution in [0, 0.1) is 17.0 Å². The second-order valence-electron chi connectivity index (χ2n) is 10.0. The van der Waals surface area contributed by atoms with Gasteiger partial charge in [0, 0.05) is 29.9 Å². The van der Waals surface area contributed by atoms with Crippen molar-refractivity contribution < 1.29 is 14.5 Å². The van der Waals surface area contributed by atoms with E-state index in [-0.39, 0.29) is 28.9 Å². The molecular formula is C27H31N3O4S. The molecule has 0 radical (unpaired) electrons. The van der Waals surface area contributed by atoms with E-state index < -0.39 is 4.92 Å². The average molecular weight is 494 g/mol. The minimum Gasteiger partial charge on any atom is -0.366 e. The fourth-order valence-corrected chi connectivity index (χ4v) is 5.97. The molecule has 0 saturated carbocycles.